The van der Waals surface area contributed by atoms with E-state index in [9.17, 15) is 0 Å². The second-order valence-electron chi connectivity index (χ2n) is 6.00. The molecule has 0 aromatic heterocycles. The van der Waals surface area contributed by atoms with Gasteiger partial charge in [-0.25, -0.2) is 0 Å². The van der Waals surface area contributed by atoms with E-state index in [1.54, 1.807) is 7.11 Å². The van der Waals surface area contributed by atoms with E-state index in [2.05, 4.69) is 55.6 Å². The Labute approximate surface area is 146 Å². The minimum absolute atomic E-state index is 0.377. The zero-order chi connectivity index (χ0) is 17.2. The minimum Gasteiger partial charge on any atom is -0.491 e. The van der Waals surface area contributed by atoms with Gasteiger partial charge in [0, 0.05) is 13.2 Å². The molecule has 2 rings (SSSR count). The molecule has 2 aromatic carbocycles. The fraction of sp³-hybridized carbons (Fsp3) is 0.429. The zero-order valence-electron chi connectivity index (χ0n) is 15.0. The Morgan fingerprint density at radius 1 is 1.00 bits per heavy atom. The number of benzene rings is 2. The van der Waals surface area contributed by atoms with Gasteiger partial charge in [-0.15, -0.1) is 0 Å². The fourth-order valence-electron chi connectivity index (χ4n) is 2.81. The van der Waals surface area contributed by atoms with Gasteiger partial charge in [-0.2, -0.15) is 0 Å². The average Bonchev–Trinajstić information content (AvgIpc) is 2.61. The molecule has 0 bridgehead atoms. The van der Waals surface area contributed by atoms with E-state index in [1.165, 1.54) is 16.7 Å². The summed E-state index contributed by atoms with van der Waals surface area (Å²) in [4.78, 5) is 0. The number of aryl methyl sites for hydroxylation is 1. The summed E-state index contributed by atoms with van der Waals surface area (Å²) in [5.74, 6) is 0.894. The van der Waals surface area contributed by atoms with Crippen molar-refractivity contribution < 1.29 is 9.47 Å². The topological polar surface area (TPSA) is 30.5 Å². The van der Waals surface area contributed by atoms with E-state index < -0.39 is 0 Å². The molecule has 3 heteroatoms. The highest BCUT2D eigenvalue weighted by molar-refractivity contribution is 5.29. The molecule has 1 N–H and O–H groups in total. The quantitative estimate of drug-likeness (QED) is 0.660. The number of nitrogens with one attached hydrogen (secondary N) is 1. The summed E-state index contributed by atoms with van der Waals surface area (Å²) in [7, 11) is 1.68. The maximum atomic E-state index is 5.62. The lowest BCUT2D eigenvalue weighted by molar-refractivity contribution is 0.146. The highest BCUT2D eigenvalue weighted by atomic mass is 16.5. The normalized spacial score (nSPS) is 12.1. The first-order chi connectivity index (χ1) is 11.7. The van der Waals surface area contributed by atoms with Gasteiger partial charge in [0.25, 0.3) is 0 Å². The number of methoxy groups -OCH3 is 1. The van der Waals surface area contributed by atoms with Crippen molar-refractivity contribution in [3.63, 3.8) is 0 Å². The second-order valence-corrected chi connectivity index (χ2v) is 6.00. The van der Waals surface area contributed by atoms with E-state index >= 15 is 0 Å². The van der Waals surface area contributed by atoms with Crippen molar-refractivity contribution in [3.8, 4) is 5.75 Å². The Balaban J connectivity index is 1.85. The molecule has 2 aromatic rings. The van der Waals surface area contributed by atoms with Crippen LogP contribution in [0.15, 0.2) is 48.5 Å². The molecule has 0 amide bonds. The first-order valence-electron chi connectivity index (χ1n) is 8.74. The zero-order valence-corrected chi connectivity index (χ0v) is 15.0. The summed E-state index contributed by atoms with van der Waals surface area (Å²) < 4.78 is 10.6. The average molecular weight is 327 g/mol. The minimum atomic E-state index is 0.377. The maximum absolute atomic E-state index is 5.62. The molecule has 0 fully saturated rings. The molecule has 0 spiro atoms. The lowest BCUT2D eigenvalue weighted by Crippen LogP contribution is -2.23. The molecule has 0 radical (unpaired) electrons. The summed E-state index contributed by atoms with van der Waals surface area (Å²) in [6.07, 6.45) is 2.12. The molecular formula is C21H29NO2. The van der Waals surface area contributed by atoms with Crippen molar-refractivity contribution in [3.05, 3.63) is 65.2 Å². The third-order valence-corrected chi connectivity index (χ3v) is 4.29. The SMILES string of the molecule is CCC(NCCc1ccccc1C)c1ccc(OCCOC)cc1. The first-order valence-corrected chi connectivity index (χ1v) is 8.74. The highest BCUT2D eigenvalue weighted by Gasteiger charge is 2.09. The van der Waals surface area contributed by atoms with Gasteiger partial charge in [-0.05, 0) is 55.1 Å². The largest absolute Gasteiger partial charge is 0.491 e. The van der Waals surface area contributed by atoms with Crippen LogP contribution in [0.2, 0.25) is 0 Å². The van der Waals surface area contributed by atoms with Gasteiger partial charge < -0.3 is 14.8 Å². The van der Waals surface area contributed by atoms with Crippen molar-refractivity contribution >= 4 is 0 Å². The van der Waals surface area contributed by atoms with Crippen LogP contribution in [0.25, 0.3) is 0 Å². The molecule has 0 saturated heterocycles. The summed E-state index contributed by atoms with van der Waals surface area (Å²) in [5, 5.41) is 3.67. The van der Waals surface area contributed by atoms with E-state index in [4.69, 9.17) is 9.47 Å². The summed E-state index contributed by atoms with van der Waals surface area (Å²) in [6.45, 7) is 6.57. The Bertz CT molecular complexity index is 595. The molecule has 24 heavy (non-hydrogen) atoms. The Morgan fingerprint density at radius 2 is 1.75 bits per heavy atom. The lowest BCUT2D eigenvalue weighted by Gasteiger charge is -2.18. The predicted octanol–water partition coefficient (Wildman–Crippen LogP) is 4.30. The van der Waals surface area contributed by atoms with Gasteiger partial charge in [0.2, 0.25) is 0 Å². The summed E-state index contributed by atoms with van der Waals surface area (Å²) in [5.41, 5.74) is 4.09. The molecule has 3 nitrogen and oxygen atoms in total. The lowest BCUT2D eigenvalue weighted by atomic mass is 10.0. The van der Waals surface area contributed by atoms with E-state index in [-0.39, 0.29) is 0 Å². The molecule has 1 unspecified atom stereocenters. The van der Waals surface area contributed by atoms with Gasteiger partial charge in [0.15, 0.2) is 0 Å². The molecule has 0 saturated carbocycles. The van der Waals surface area contributed by atoms with Crippen LogP contribution in [-0.2, 0) is 11.2 Å². The molecule has 1 atom stereocenters. The third-order valence-electron chi connectivity index (χ3n) is 4.29. The van der Waals surface area contributed by atoms with Gasteiger partial charge in [-0.3, -0.25) is 0 Å². The van der Waals surface area contributed by atoms with Crippen LogP contribution >= 0.6 is 0 Å². The van der Waals surface area contributed by atoms with Gasteiger partial charge in [-0.1, -0.05) is 43.3 Å². The van der Waals surface area contributed by atoms with Gasteiger partial charge in [0.05, 0.1) is 6.61 Å². The predicted molar refractivity (Wildman–Crippen MR) is 99.7 cm³/mol. The third kappa shape index (κ3) is 5.66. The number of ether oxygens (including phenoxy) is 2. The van der Waals surface area contributed by atoms with Crippen LogP contribution in [0.1, 0.15) is 36.1 Å². The van der Waals surface area contributed by atoms with E-state index in [1.807, 2.05) is 12.1 Å². The second kappa shape index (κ2) is 10.1. The van der Waals surface area contributed by atoms with Crippen LogP contribution < -0.4 is 10.1 Å². The Hall–Kier alpha value is -1.84. The molecule has 0 aliphatic rings. The van der Waals surface area contributed by atoms with Crippen LogP contribution in [-0.4, -0.2) is 26.9 Å². The number of rotatable bonds is 10. The molecule has 0 aliphatic carbocycles. The van der Waals surface area contributed by atoms with Crippen molar-refractivity contribution in [2.45, 2.75) is 32.7 Å². The smallest absolute Gasteiger partial charge is 0.119 e. The number of hydrogen-bond acceptors (Lipinski definition) is 3. The molecule has 130 valence electrons. The highest BCUT2D eigenvalue weighted by Crippen LogP contribution is 2.20. The van der Waals surface area contributed by atoms with E-state index in [0.29, 0.717) is 19.3 Å². The first kappa shape index (κ1) is 18.5. The van der Waals surface area contributed by atoms with Crippen LogP contribution in [0.4, 0.5) is 0 Å². The number of hydrogen-bond donors (Lipinski definition) is 1. The van der Waals surface area contributed by atoms with E-state index in [0.717, 1.165) is 25.1 Å². The Morgan fingerprint density at radius 3 is 2.42 bits per heavy atom. The summed E-state index contributed by atoms with van der Waals surface area (Å²) in [6, 6.07) is 17.3. The van der Waals surface area contributed by atoms with Crippen molar-refractivity contribution in [1.29, 1.82) is 0 Å². The monoisotopic (exact) mass is 327 g/mol. The van der Waals surface area contributed by atoms with Gasteiger partial charge >= 0.3 is 0 Å². The van der Waals surface area contributed by atoms with Crippen molar-refractivity contribution in [2.75, 3.05) is 26.9 Å². The van der Waals surface area contributed by atoms with Crippen molar-refractivity contribution in [2.24, 2.45) is 0 Å². The van der Waals surface area contributed by atoms with Crippen LogP contribution in [0, 0.1) is 6.92 Å². The fourth-order valence-corrected chi connectivity index (χ4v) is 2.81. The molecule has 0 aliphatic heterocycles. The molecular weight excluding hydrogens is 298 g/mol. The van der Waals surface area contributed by atoms with Crippen LogP contribution in [0.5, 0.6) is 5.75 Å². The van der Waals surface area contributed by atoms with Crippen LogP contribution in [0.3, 0.4) is 0 Å². The van der Waals surface area contributed by atoms with Crippen molar-refractivity contribution in [1.82, 2.24) is 5.32 Å². The molecule has 0 heterocycles. The summed E-state index contributed by atoms with van der Waals surface area (Å²) >= 11 is 0. The maximum Gasteiger partial charge on any atom is 0.119 e. The van der Waals surface area contributed by atoms with Gasteiger partial charge in [0.1, 0.15) is 12.4 Å². The standard InChI is InChI=1S/C21H29NO2/c1-4-21(22-14-13-18-8-6-5-7-17(18)2)19-9-11-20(12-10-19)24-16-15-23-3/h5-12,21-22H,4,13-16H2,1-3H3. The Kier molecular flexibility index (Phi) is 7.80.